The number of benzene rings is 1. The Bertz CT molecular complexity index is 340. The van der Waals surface area contributed by atoms with Crippen molar-refractivity contribution in [3.8, 4) is 0 Å². The first-order valence-electron chi connectivity index (χ1n) is 4.35. The van der Waals surface area contributed by atoms with E-state index >= 15 is 0 Å². The van der Waals surface area contributed by atoms with E-state index < -0.39 is 11.9 Å². The molecule has 1 rings (SSSR count). The Morgan fingerprint density at radius 2 is 1.93 bits per heavy atom. The summed E-state index contributed by atoms with van der Waals surface area (Å²) in [7, 11) is 0. The Kier molecular flexibility index (Phi) is 4.70. The zero-order valence-electron chi connectivity index (χ0n) is 7.97. The lowest BCUT2D eigenvalue weighted by Gasteiger charge is -2.03. The van der Waals surface area contributed by atoms with E-state index in [1.54, 1.807) is 0 Å². The first-order valence-corrected chi connectivity index (χ1v) is 4.79. The van der Waals surface area contributed by atoms with Crippen LogP contribution >= 0.6 is 12.8 Å². The second-order valence-electron chi connectivity index (χ2n) is 2.86. The predicted molar refractivity (Wildman–Crippen MR) is 58.0 cm³/mol. The van der Waals surface area contributed by atoms with Gasteiger partial charge in [0.1, 0.15) is 13.0 Å². The van der Waals surface area contributed by atoms with Crippen molar-refractivity contribution in [2.45, 2.75) is 13.0 Å². The maximum atomic E-state index is 11.1. The average Bonchev–Trinajstić information content (AvgIpc) is 2.27. The number of carbonyl (C=O) groups excluding carboxylic acids is 2. The summed E-state index contributed by atoms with van der Waals surface area (Å²) in [6.45, 7) is 0.180. The molecule has 80 valence electrons. The van der Waals surface area contributed by atoms with Crippen molar-refractivity contribution in [1.82, 2.24) is 4.72 Å². The van der Waals surface area contributed by atoms with Crippen LogP contribution in [0.4, 0.5) is 0 Å². The van der Waals surface area contributed by atoms with Crippen LogP contribution in [0.5, 0.6) is 0 Å². The first kappa shape index (κ1) is 11.6. The summed E-state index contributed by atoms with van der Waals surface area (Å²) in [4.78, 5) is 21.8. The lowest BCUT2D eigenvalue weighted by molar-refractivity contribution is -0.147. The maximum absolute atomic E-state index is 11.1. The Hall–Kier alpha value is -1.49. The molecule has 0 bridgehead atoms. The monoisotopic (exact) mass is 225 g/mol. The van der Waals surface area contributed by atoms with E-state index in [9.17, 15) is 9.59 Å². The molecule has 1 N–H and O–H groups in total. The van der Waals surface area contributed by atoms with Crippen LogP contribution in [0.2, 0.25) is 0 Å². The van der Waals surface area contributed by atoms with Gasteiger partial charge in [-0.05, 0) is 5.56 Å². The van der Waals surface area contributed by atoms with E-state index in [1.165, 1.54) is 0 Å². The second-order valence-corrected chi connectivity index (χ2v) is 3.08. The van der Waals surface area contributed by atoms with Gasteiger partial charge in [-0.1, -0.05) is 43.1 Å². The fraction of sp³-hybridized carbons (Fsp3) is 0.200. The molecule has 5 heteroatoms. The van der Waals surface area contributed by atoms with Gasteiger partial charge in [-0.2, -0.15) is 0 Å². The van der Waals surface area contributed by atoms with Crippen LogP contribution in [0.15, 0.2) is 30.3 Å². The van der Waals surface area contributed by atoms with Crippen molar-refractivity contribution in [3.05, 3.63) is 35.9 Å². The Morgan fingerprint density at radius 1 is 1.27 bits per heavy atom. The molecule has 0 aliphatic heterocycles. The molecule has 1 amide bonds. The van der Waals surface area contributed by atoms with E-state index in [0.717, 1.165) is 5.56 Å². The minimum atomic E-state index is -0.564. The summed E-state index contributed by atoms with van der Waals surface area (Å²) in [5, 5.41) is 0. The number of carbonyl (C=O) groups is 2. The fourth-order valence-corrected chi connectivity index (χ4v) is 1.04. The molecular formula is C10H11NO3S. The summed E-state index contributed by atoms with van der Waals surface area (Å²) < 4.78 is 6.92. The molecular weight excluding hydrogens is 214 g/mol. The molecule has 4 nitrogen and oxygen atoms in total. The van der Waals surface area contributed by atoms with E-state index in [4.69, 9.17) is 4.74 Å². The molecule has 0 unspecified atom stereocenters. The summed E-state index contributed by atoms with van der Waals surface area (Å²) in [5.74, 6) is -1.04. The Morgan fingerprint density at radius 3 is 2.53 bits per heavy atom. The van der Waals surface area contributed by atoms with Crippen molar-refractivity contribution >= 4 is 24.7 Å². The molecule has 1 aromatic carbocycles. The third kappa shape index (κ3) is 4.51. The quantitative estimate of drug-likeness (QED) is 0.458. The topological polar surface area (TPSA) is 55.4 Å². The molecule has 1 aromatic rings. The average molecular weight is 225 g/mol. The van der Waals surface area contributed by atoms with Gasteiger partial charge in [0, 0.05) is 0 Å². The lowest BCUT2D eigenvalue weighted by Crippen LogP contribution is -2.18. The molecule has 0 aliphatic carbocycles. The van der Waals surface area contributed by atoms with Gasteiger partial charge in [-0.25, -0.2) is 0 Å². The van der Waals surface area contributed by atoms with Crippen LogP contribution in [0.25, 0.3) is 0 Å². The molecule has 0 aliphatic rings. The van der Waals surface area contributed by atoms with Gasteiger partial charge < -0.3 is 9.46 Å². The van der Waals surface area contributed by atoms with Crippen LogP contribution in [-0.2, 0) is 20.9 Å². The lowest BCUT2D eigenvalue weighted by atomic mass is 10.2. The van der Waals surface area contributed by atoms with E-state index in [0.29, 0.717) is 0 Å². The van der Waals surface area contributed by atoms with Crippen LogP contribution in [0.1, 0.15) is 12.0 Å². The van der Waals surface area contributed by atoms with Crippen molar-refractivity contribution in [2.75, 3.05) is 0 Å². The number of hydrogen-bond donors (Lipinski definition) is 2. The summed E-state index contributed by atoms with van der Waals surface area (Å²) in [6.07, 6.45) is -0.309. The summed E-state index contributed by atoms with van der Waals surface area (Å²) in [6, 6.07) is 9.25. The minimum Gasteiger partial charge on any atom is -0.460 e. The highest BCUT2D eigenvalue weighted by atomic mass is 32.1. The summed E-state index contributed by atoms with van der Waals surface area (Å²) in [5.41, 5.74) is 0.886. The molecule has 0 atom stereocenters. The van der Waals surface area contributed by atoms with Crippen LogP contribution in [0.3, 0.4) is 0 Å². The van der Waals surface area contributed by atoms with Gasteiger partial charge in [0.05, 0.1) is 0 Å². The number of hydrogen-bond acceptors (Lipinski definition) is 4. The maximum Gasteiger partial charge on any atom is 0.315 e. The standard InChI is InChI=1S/C10H11NO3S/c12-9(11-15)6-10(13)14-7-8-4-2-1-3-5-8/h1-5,15H,6-7H2,(H,11,12). The molecule has 0 fully saturated rings. The largest absolute Gasteiger partial charge is 0.460 e. The third-order valence-electron chi connectivity index (χ3n) is 1.67. The number of esters is 1. The molecule has 0 spiro atoms. The summed E-state index contributed by atoms with van der Waals surface area (Å²) >= 11 is 3.52. The Balaban J connectivity index is 2.32. The first-order chi connectivity index (χ1) is 7.22. The van der Waals surface area contributed by atoms with Gasteiger partial charge >= 0.3 is 5.97 Å². The van der Waals surface area contributed by atoms with Gasteiger partial charge in [0.15, 0.2) is 0 Å². The highest BCUT2D eigenvalue weighted by Gasteiger charge is 2.08. The van der Waals surface area contributed by atoms with Crippen molar-refractivity contribution in [3.63, 3.8) is 0 Å². The fourth-order valence-electron chi connectivity index (χ4n) is 0.960. The van der Waals surface area contributed by atoms with E-state index in [-0.39, 0.29) is 13.0 Å². The van der Waals surface area contributed by atoms with Crippen molar-refractivity contribution in [1.29, 1.82) is 0 Å². The highest BCUT2D eigenvalue weighted by molar-refractivity contribution is 7.78. The van der Waals surface area contributed by atoms with Crippen LogP contribution in [-0.4, -0.2) is 11.9 Å². The van der Waals surface area contributed by atoms with Crippen LogP contribution < -0.4 is 4.72 Å². The highest BCUT2D eigenvalue weighted by Crippen LogP contribution is 2.01. The zero-order valence-corrected chi connectivity index (χ0v) is 8.87. The number of ether oxygens (including phenoxy) is 1. The number of rotatable bonds is 4. The van der Waals surface area contributed by atoms with Gasteiger partial charge in [-0.3, -0.25) is 9.59 Å². The van der Waals surface area contributed by atoms with Gasteiger partial charge in [0.25, 0.3) is 0 Å². The Labute approximate surface area is 93.2 Å². The smallest absolute Gasteiger partial charge is 0.315 e. The molecule has 15 heavy (non-hydrogen) atoms. The van der Waals surface area contributed by atoms with Crippen molar-refractivity contribution < 1.29 is 14.3 Å². The van der Waals surface area contributed by atoms with Crippen molar-refractivity contribution in [2.24, 2.45) is 0 Å². The predicted octanol–water partition coefficient (Wildman–Crippen LogP) is 1.08. The minimum absolute atomic E-state index is 0.180. The normalized spacial score (nSPS) is 9.40. The SMILES string of the molecule is O=C(CC(=O)OCc1ccccc1)NS. The number of nitrogens with one attached hydrogen (secondary N) is 1. The van der Waals surface area contributed by atoms with E-state index in [2.05, 4.69) is 12.8 Å². The molecule has 0 heterocycles. The molecule has 0 aromatic heterocycles. The third-order valence-corrected chi connectivity index (χ3v) is 1.92. The van der Waals surface area contributed by atoms with Gasteiger partial charge in [0.2, 0.25) is 5.91 Å². The second kappa shape index (κ2) is 6.08. The van der Waals surface area contributed by atoms with E-state index in [1.807, 2.05) is 35.1 Å². The molecule has 0 radical (unpaired) electrons. The van der Waals surface area contributed by atoms with Crippen LogP contribution in [0, 0.1) is 0 Å². The molecule has 0 saturated heterocycles. The van der Waals surface area contributed by atoms with Gasteiger partial charge in [-0.15, -0.1) is 0 Å². The number of amides is 1. The molecule has 0 saturated carbocycles. The number of thiol groups is 1. The zero-order chi connectivity index (χ0) is 11.1.